The zero-order chi connectivity index (χ0) is 14.1. The average molecular weight is 266 g/mol. The largest absolute Gasteiger partial charge is 0.341 e. The SMILES string of the molecule is C=CC.O=C(CN1CCCCCC1=O)N1CCCC1. The van der Waals surface area contributed by atoms with Crippen LogP contribution in [0.1, 0.15) is 45.4 Å². The molecule has 4 heteroatoms. The van der Waals surface area contributed by atoms with Crippen LogP contribution < -0.4 is 0 Å². The van der Waals surface area contributed by atoms with Crippen molar-refractivity contribution in [1.29, 1.82) is 0 Å². The third-order valence-corrected chi connectivity index (χ3v) is 3.46. The molecule has 0 bridgehead atoms. The second kappa shape index (κ2) is 8.73. The van der Waals surface area contributed by atoms with Crippen LogP contribution in [0.2, 0.25) is 0 Å². The predicted octanol–water partition coefficient (Wildman–Crippen LogP) is 2.20. The fraction of sp³-hybridized carbons (Fsp3) is 0.733. The molecule has 108 valence electrons. The highest BCUT2D eigenvalue weighted by Gasteiger charge is 2.23. The third-order valence-electron chi connectivity index (χ3n) is 3.46. The van der Waals surface area contributed by atoms with Crippen LogP contribution in [-0.4, -0.2) is 47.8 Å². The highest BCUT2D eigenvalue weighted by molar-refractivity contribution is 5.85. The van der Waals surface area contributed by atoms with E-state index in [-0.39, 0.29) is 11.8 Å². The number of likely N-dealkylation sites (tertiary alicyclic amines) is 2. The van der Waals surface area contributed by atoms with Gasteiger partial charge >= 0.3 is 0 Å². The molecule has 2 aliphatic rings. The lowest BCUT2D eigenvalue weighted by molar-refractivity contribution is -0.139. The molecule has 0 atom stereocenters. The van der Waals surface area contributed by atoms with Crippen molar-refractivity contribution >= 4 is 11.8 Å². The van der Waals surface area contributed by atoms with Crippen LogP contribution in [0.25, 0.3) is 0 Å². The summed E-state index contributed by atoms with van der Waals surface area (Å²) in [6.07, 6.45) is 7.72. The van der Waals surface area contributed by atoms with Gasteiger partial charge in [-0.25, -0.2) is 0 Å². The predicted molar refractivity (Wildman–Crippen MR) is 76.7 cm³/mol. The monoisotopic (exact) mass is 266 g/mol. The second-order valence-corrected chi connectivity index (χ2v) is 5.12. The maximum absolute atomic E-state index is 11.9. The van der Waals surface area contributed by atoms with Crippen LogP contribution in [0, 0.1) is 0 Å². The zero-order valence-corrected chi connectivity index (χ0v) is 12.1. The molecule has 0 radical (unpaired) electrons. The molecule has 2 aliphatic heterocycles. The van der Waals surface area contributed by atoms with Crippen LogP contribution in [0.15, 0.2) is 12.7 Å². The van der Waals surface area contributed by atoms with Crippen LogP contribution in [0.3, 0.4) is 0 Å². The molecule has 2 heterocycles. The van der Waals surface area contributed by atoms with Crippen LogP contribution >= 0.6 is 0 Å². The summed E-state index contributed by atoms with van der Waals surface area (Å²) in [5.74, 6) is 0.290. The van der Waals surface area contributed by atoms with Crippen LogP contribution in [0.5, 0.6) is 0 Å². The van der Waals surface area contributed by atoms with Gasteiger partial charge in [-0.15, -0.1) is 6.58 Å². The number of rotatable bonds is 2. The molecule has 0 aromatic heterocycles. The summed E-state index contributed by atoms with van der Waals surface area (Å²) in [4.78, 5) is 27.3. The molecule has 2 rings (SSSR count). The van der Waals surface area contributed by atoms with E-state index >= 15 is 0 Å². The number of hydrogen-bond donors (Lipinski definition) is 0. The van der Waals surface area contributed by atoms with Crippen molar-refractivity contribution in [2.75, 3.05) is 26.2 Å². The number of carbonyl (C=O) groups is 2. The van der Waals surface area contributed by atoms with E-state index in [1.165, 1.54) is 0 Å². The smallest absolute Gasteiger partial charge is 0.242 e. The van der Waals surface area contributed by atoms with Crippen molar-refractivity contribution in [1.82, 2.24) is 9.80 Å². The highest BCUT2D eigenvalue weighted by atomic mass is 16.2. The van der Waals surface area contributed by atoms with Crippen molar-refractivity contribution in [3.8, 4) is 0 Å². The second-order valence-electron chi connectivity index (χ2n) is 5.12. The Morgan fingerprint density at radius 1 is 1.16 bits per heavy atom. The fourth-order valence-corrected chi connectivity index (χ4v) is 2.44. The van der Waals surface area contributed by atoms with Crippen LogP contribution in [0.4, 0.5) is 0 Å². The molecule has 19 heavy (non-hydrogen) atoms. The van der Waals surface area contributed by atoms with Gasteiger partial charge in [0.25, 0.3) is 0 Å². The molecule has 2 fully saturated rings. The Balaban J connectivity index is 0.000000550. The van der Waals surface area contributed by atoms with Gasteiger partial charge in [-0.3, -0.25) is 9.59 Å². The topological polar surface area (TPSA) is 40.6 Å². The van der Waals surface area contributed by atoms with Gasteiger partial charge in [-0.05, 0) is 32.6 Å². The summed E-state index contributed by atoms with van der Waals surface area (Å²) in [6.45, 7) is 8.07. The number of hydrogen-bond acceptors (Lipinski definition) is 2. The van der Waals surface area contributed by atoms with E-state index in [2.05, 4.69) is 6.58 Å². The first kappa shape index (κ1) is 15.7. The molecule has 0 N–H and O–H groups in total. The van der Waals surface area contributed by atoms with E-state index < -0.39 is 0 Å². The van der Waals surface area contributed by atoms with Gasteiger partial charge in [-0.1, -0.05) is 12.5 Å². The quantitative estimate of drug-likeness (QED) is 0.719. The maximum Gasteiger partial charge on any atom is 0.242 e. The molecule has 2 saturated heterocycles. The lowest BCUT2D eigenvalue weighted by atomic mass is 10.2. The summed E-state index contributed by atoms with van der Waals surface area (Å²) in [7, 11) is 0. The summed E-state index contributed by atoms with van der Waals surface area (Å²) in [6, 6.07) is 0. The van der Waals surface area contributed by atoms with Crippen molar-refractivity contribution in [3.63, 3.8) is 0 Å². The normalized spacial score (nSPS) is 19.5. The Labute approximate surface area is 116 Å². The standard InChI is InChI=1S/C12H20N2O2.C3H6/c15-11-6-2-1-3-9-14(11)10-12(16)13-7-4-5-8-13;1-3-2/h1-10H2;3H,1H2,2H3. The third kappa shape index (κ3) is 5.45. The molecule has 0 aromatic carbocycles. The minimum atomic E-state index is 0.132. The van der Waals surface area contributed by atoms with Gasteiger partial charge in [0.05, 0.1) is 6.54 Å². The first-order valence-electron chi connectivity index (χ1n) is 7.31. The fourth-order valence-electron chi connectivity index (χ4n) is 2.44. The first-order chi connectivity index (χ1) is 9.19. The van der Waals surface area contributed by atoms with Crippen molar-refractivity contribution < 1.29 is 9.59 Å². The molecule has 4 nitrogen and oxygen atoms in total. The summed E-state index contributed by atoms with van der Waals surface area (Å²) >= 11 is 0. The Bertz CT molecular complexity index is 309. The Morgan fingerprint density at radius 3 is 2.37 bits per heavy atom. The van der Waals surface area contributed by atoms with Crippen molar-refractivity contribution in [2.24, 2.45) is 0 Å². The molecule has 2 amide bonds. The minimum Gasteiger partial charge on any atom is -0.341 e. The molecule has 0 saturated carbocycles. The lowest BCUT2D eigenvalue weighted by Gasteiger charge is -2.23. The minimum absolute atomic E-state index is 0.132. The van der Waals surface area contributed by atoms with Gasteiger partial charge in [0.1, 0.15) is 0 Å². The Morgan fingerprint density at radius 2 is 1.74 bits per heavy atom. The van der Waals surface area contributed by atoms with Gasteiger partial charge in [0, 0.05) is 26.1 Å². The van der Waals surface area contributed by atoms with Crippen LogP contribution in [-0.2, 0) is 9.59 Å². The van der Waals surface area contributed by atoms with Gasteiger partial charge < -0.3 is 9.80 Å². The number of allylic oxidation sites excluding steroid dienone is 1. The summed E-state index contributed by atoms with van der Waals surface area (Å²) < 4.78 is 0. The van der Waals surface area contributed by atoms with E-state index in [0.29, 0.717) is 13.0 Å². The average Bonchev–Trinajstić information content (AvgIpc) is 2.84. The highest BCUT2D eigenvalue weighted by Crippen LogP contribution is 2.13. The van der Waals surface area contributed by atoms with E-state index in [0.717, 1.165) is 51.7 Å². The number of nitrogens with zero attached hydrogens (tertiary/aromatic N) is 2. The van der Waals surface area contributed by atoms with E-state index in [4.69, 9.17) is 0 Å². The molecule has 0 unspecified atom stereocenters. The summed E-state index contributed by atoms with van der Waals surface area (Å²) in [5.41, 5.74) is 0. The molecule has 0 spiro atoms. The number of carbonyl (C=O) groups excluding carboxylic acids is 2. The maximum atomic E-state index is 11.9. The van der Waals surface area contributed by atoms with E-state index in [1.807, 2.05) is 11.8 Å². The molecular formula is C15H26N2O2. The van der Waals surface area contributed by atoms with E-state index in [9.17, 15) is 9.59 Å². The first-order valence-corrected chi connectivity index (χ1v) is 7.31. The van der Waals surface area contributed by atoms with Crippen molar-refractivity contribution in [2.45, 2.75) is 45.4 Å². The summed E-state index contributed by atoms with van der Waals surface area (Å²) in [5, 5.41) is 0. The number of amides is 2. The molecular weight excluding hydrogens is 240 g/mol. The van der Waals surface area contributed by atoms with Gasteiger partial charge in [0.15, 0.2) is 0 Å². The Hall–Kier alpha value is -1.32. The van der Waals surface area contributed by atoms with E-state index in [1.54, 1.807) is 11.0 Å². The Kier molecular flexibility index (Phi) is 7.23. The molecule has 0 aromatic rings. The zero-order valence-electron chi connectivity index (χ0n) is 12.1. The molecule has 0 aliphatic carbocycles. The lowest BCUT2D eigenvalue weighted by Crippen LogP contribution is -2.41. The van der Waals surface area contributed by atoms with Gasteiger partial charge in [0.2, 0.25) is 11.8 Å². The van der Waals surface area contributed by atoms with Crippen molar-refractivity contribution in [3.05, 3.63) is 12.7 Å². The van der Waals surface area contributed by atoms with Gasteiger partial charge in [-0.2, -0.15) is 0 Å².